The summed E-state index contributed by atoms with van der Waals surface area (Å²) in [5, 5.41) is 0. The smallest absolute Gasteiger partial charge is 0.120 e. The van der Waals surface area contributed by atoms with E-state index in [-0.39, 0.29) is 0 Å². The molecular formula is C17H19IO. The van der Waals surface area contributed by atoms with Crippen molar-refractivity contribution in [1.82, 2.24) is 0 Å². The van der Waals surface area contributed by atoms with Crippen LogP contribution in [0.2, 0.25) is 0 Å². The number of hydrogen-bond donors (Lipinski definition) is 0. The second kappa shape index (κ2) is 7.53. The quantitative estimate of drug-likeness (QED) is 0.515. The van der Waals surface area contributed by atoms with Gasteiger partial charge in [-0.05, 0) is 36.1 Å². The Hall–Kier alpha value is -1.03. The number of benzene rings is 2. The SMILES string of the molecule is CC[C@H](I)Cc1cccc(OCc2ccccc2)c1. The van der Waals surface area contributed by atoms with E-state index in [2.05, 4.69) is 59.8 Å². The summed E-state index contributed by atoms with van der Waals surface area (Å²) in [5.74, 6) is 0.959. The van der Waals surface area contributed by atoms with Gasteiger partial charge >= 0.3 is 0 Å². The minimum absolute atomic E-state index is 0.631. The standard InChI is InChI=1S/C17H19IO/c1-2-16(18)11-15-9-6-10-17(12-15)19-13-14-7-4-3-5-8-14/h3-10,12,16H,2,11,13H2,1H3/t16-/m0/s1. The molecule has 0 spiro atoms. The fourth-order valence-electron chi connectivity index (χ4n) is 1.90. The van der Waals surface area contributed by atoms with E-state index in [9.17, 15) is 0 Å². The first-order valence-corrected chi connectivity index (χ1v) is 7.92. The molecule has 0 unspecified atom stereocenters. The van der Waals surface area contributed by atoms with Gasteiger partial charge in [0.2, 0.25) is 0 Å². The highest BCUT2D eigenvalue weighted by Gasteiger charge is 2.04. The van der Waals surface area contributed by atoms with Crippen molar-refractivity contribution in [1.29, 1.82) is 0 Å². The number of rotatable bonds is 6. The molecule has 0 saturated heterocycles. The molecule has 0 bridgehead atoms. The number of ether oxygens (including phenoxy) is 1. The van der Waals surface area contributed by atoms with Gasteiger partial charge in [0.15, 0.2) is 0 Å². The van der Waals surface area contributed by atoms with Crippen LogP contribution in [0.25, 0.3) is 0 Å². The molecule has 0 saturated carbocycles. The van der Waals surface area contributed by atoms with Gasteiger partial charge in [-0.15, -0.1) is 0 Å². The maximum absolute atomic E-state index is 5.85. The monoisotopic (exact) mass is 366 g/mol. The highest BCUT2D eigenvalue weighted by atomic mass is 127. The van der Waals surface area contributed by atoms with Gasteiger partial charge < -0.3 is 4.74 Å². The molecule has 0 fully saturated rings. The van der Waals surface area contributed by atoms with Gasteiger partial charge in [0.25, 0.3) is 0 Å². The Kier molecular flexibility index (Phi) is 5.70. The molecule has 0 aromatic heterocycles. The van der Waals surface area contributed by atoms with Crippen LogP contribution in [-0.4, -0.2) is 3.92 Å². The van der Waals surface area contributed by atoms with Crippen molar-refractivity contribution in [2.75, 3.05) is 0 Å². The first kappa shape index (κ1) is 14.4. The Balaban J connectivity index is 1.95. The normalized spacial score (nSPS) is 12.1. The first-order valence-electron chi connectivity index (χ1n) is 6.67. The van der Waals surface area contributed by atoms with Crippen molar-refractivity contribution in [3.05, 3.63) is 65.7 Å². The predicted octanol–water partition coefficient (Wildman–Crippen LogP) is 5.02. The molecule has 2 aromatic carbocycles. The average molecular weight is 366 g/mol. The third-order valence-corrected chi connectivity index (χ3v) is 4.37. The van der Waals surface area contributed by atoms with E-state index in [1.807, 2.05) is 24.3 Å². The van der Waals surface area contributed by atoms with Crippen molar-refractivity contribution in [2.45, 2.75) is 30.3 Å². The zero-order valence-electron chi connectivity index (χ0n) is 11.2. The summed E-state index contributed by atoms with van der Waals surface area (Å²) in [7, 11) is 0. The molecule has 19 heavy (non-hydrogen) atoms. The van der Waals surface area contributed by atoms with Crippen LogP contribution in [0.4, 0.5) is 0 Å². The topological polar surface area (TPSA) is 9.23 Å². The molecule has 1 nitrogen and oxygen atoms in total. The lowest BCUT2D eigenvalue weighted by Gasteiger charge is -2.10. The zero-order valence-corrected chi connectivity index (χ0v) is 13.3. The third kappa shape index (κ3) is 4.86. The Labute approximate surface area is 129 Å². The number of alkyl halides is 1. The minimum Gasteiger partial charge on any atom is -0.489 e. The Morgan fingerprint density at radius 3 is 2.47 bits per heavy atom. The summed E-state index contributed by atoms with van der Waals surface area (Å²) in [6.45, 7) is 2.86. The molecule has 2 heteroatoms. The summed E-state index contributed by atoms with van der Waals surface area (Å²) in [5.41, 5.74) is 2.56. The van der Waals surface area contributed by atoms with Crippen LogP contribution >= 0.6 is 22.6 Å². The predicted molar refractivity (Wildman–Crippen MR) is 89.0 cm³/mol. The van der Waals surface area contributed by atoms with Crippen molar-refractivity contribution in [3.8, 4) is 5.75 Å². The molecule has 2 aromatic rings. The molecule has 0 aliphatic heterocycles. The highest BCUT2D eigenvalue weighted by molar-refractivity contribution is 14.1. The summed E-state index contributed by atoms with van der Waals surface area (Å²) >= 11 is 2.51. The van der Waals surface area contributed by atoms with Crippen molar-refractivity contribution >= 4 is 22.6 Å². The molecule has 0 radical (unpaired) electrons. The second-order valence-corrected chi connectivity index (χ2v) is 6.39. The lowest BCUT2D eigenvalue weighted by Crippen LogP contribution is -2.01. The molecule has 2 rings (SSSR count). The van der Waals surface area contributed by atoms with E-state index in [1.165, 1.54) is 17.5 Å². The maximum atomic E-state index is 5.85. The van der Waals surface area contributed by atoms with Crippen LogP contribution in [0.15, 0.2) is 54.6 Å². The van der Waals surface area contributed by atoms with Crippen molar-refractivity contribution < 1.29 is 4.74 Å². The molecule has 0 heterocycles. The molecule has 0 N–H and O–H groups in total. The van der Waals surface area contributed by atoms with Crippen LogP contribution in [0.5, 0.6) is 5.75 Å². The second-order valence-electron chi connectivity index (χ2n) is 4.63. The van der Waals surface area contributed by atoms with E-state index in [0.29, 0.717) is 10.5 Å². The average Bonchev–Trinajstić information content (AvgIpc) is 2.46. The lowest BCUT2D eigenvalue weighted by atomic mass is 10.1. The molecule has 0 aliphatic rings. The molecule has 0 aliphatic carbocycles. The van der Waals surface area contributed by atoms with E-state index in [0.717, 1.165) is 12.2 Å². The van der Waals surface area contributed by atoms with E-state index >= 15 is 0 Å². The first-order chi connectivity index (χ1) is 9.28. The summed E-state index contributed by atoms with van der Waals surface area (Å²) in [4.78, 5) is 0. The minimum atomic E-state index is 0.631. The number of hydrogen-bond acceptors (Lipinski definition) is 1. The van der Waals surface area contributed by atoms with E-state index in [1.54, 1.807) is 0 Å². The lowest BCUT2D eigenvalue weighted by molar-refractivity contribution is 0.306. The van der Waals surface area contributed by atoms with Crippen LogP contribution in [0.1, 0.15) is 24.5 Å². The summed E-state index contributed by atoms with van der Waals surface area (Å²) in [6.07, 6.45) is 2.31. The highest BCUT2D eigenvalue weighted by Crippen LogP contribution is 2.19. The van der Waals surface area contributed by atoms with Gasteiger partial charge in [0, 0.05) is 3.92 Å². The Morgan fingerprint density at radius 2 is 1.74 bits per heavy atom. The summed E-state index contributed by atoms with van der Waals surface area (Å²) in [6, 6.07) is 18.7. The fraction of sp³-hybridized carbons (Fsp3) is 0.294. The largest absolute Gasteiger partial charge is 0.489 e. The van der Waals surface area contributed by atoms with Gasteiger partial charge in [-0.2, -0.15) is 0 Å². The van der Waals surface area contributed by atoms with Gasteiger partial charge in [-0.1, -0.05) is 72.0 Å². The number of halogens is 1. The fourth-order valence-corrected chi connectivity index (χ4v) is 2.41. The van der Waals surface area contributed by atoms with Crippen LogP contribution < -0.4 is 4.74 Å². The van der Waals surface area contributed by atoms with E-state index < -0.39 is 0 Å². The zero-order chi connectivity index (χ0) is 13.5. The molecule has 0 amide bonds. The van der Waals surface area contributed by atoms with Gasteiger partial charge in [0.1, 0.15) is 12.4 Å². The van der Waals surface area contributed by atoms with E-state index in [4.69, 9.17) is 4.74 Å². The van der Waals surface area contributed by atoms with Gasteiger partial charge in [-0.25, -0.2) is 0 Å². The molecule has 100 valence electrons. The van der Waals surface area contributed by atoms with Crippen LogP contribution in [0, 0.1) is 0 Å². The van der Waals surface area contributed by atoms with Crippen LogP contribution in [-0.2, 0) is 13.0 Å². The molecule has 1 atom stereocenters. The Morgan fingerprint density at radius 1 is 1.00 bits per heavy atom. The third-order valence-electron chi connectivity index (χ3n) is 3.05. The molecular weight excluding hydrogens is 347 g/mol. The van der Waals surface area contributed by atoms with Crippen molar-refractivity contribution in [2.24, 2.45) is 0 Å². The van der Waals surface area contributed by atoms with Crippen molar-refractivity contribution in [3.63, 3.8) is 0 Å². The summed E-state index contributed by atoms with van der Waals surface area (Å²) < 4.78 is 6.54. The Bertz CT molecular complexity index is 496. The van der Waals surface area contributed by atoms with Crippen LogP contribution in [0.3, 0.4) is 0 Å². The van der Waals surface area contributed by atoms with Gasteiger partial charge in [-0.3, -0.25) is 0 Å². The maximum Gasteiger partial charge on any atom is 0.120 e. The van der Waals surface area contributed by atoms with Gasteiger partial charge in [0.05, 0.1) is 0 Å².